The van der Waals surface area contributed by atoms with Crippen LogP contribution in [0.25, 0.3) is 0 Å². The van der Waals surface area contributed by atoms with E-state index in [1.165, 1.54) is 0 Å². The molecule has 1 unspecified atom stereocenters. The number of aliphatic hydroxyl groups excluding tert-OH is 1. The van der Waals surface area contributed by atoms with Crippen molar-refractivity contribution in [3.63, 3.8) is 0 Å². The van der Waals surface area contributed by atoms with E-state index in [1.54, 1.807) is 0 Å². The number of halogens is 2. The Bertz CT molecular complexity index is 139. The second-order valence-electron chi connectivity index (χ2n) is 3.79. The van der Waals surface area contributed by atoms with Gasteiger partial charge in [-0.2, -0.15) is 0 Å². The van der Waals surface area contributed by atoms with E-state index < -0.39 is 12.0 Å². The van der Waals surface area contributed by atoms with Crippen LogP contribution in [-0.4, -0.2) is 17.1 Å². The summed E-state index contributed by atoms with van der Waals surface area (Å²) in [5.74, 6) is -2.75. The third kappa shape index (κ3) is 2.41. The van der Waals surface area contributed by atoms with Gasteiger partial charge in [-0.25, -0.2) is 8.78 Å². The molecular weight excluding hydrogens is 162 g/mol. The van der Waals surface area contributed by atoms with Crippen molar-refractivity contribution in [2.24, 2.45) is 5.92 Å². The van der Waals surface area contributed by atoms with Gasteiger partial charge in [0.15, 0.2) is 0 Å². The molecule has 1 atom stereocenters. The predicted molar refractivity (Wildman–Crippen MR) is 43.2 cm³/mol. The van der Waals surface area contributed by atoms with Gasteiger partial charge >= 0.3 is 0 Å². The Hall–Kier alpha value is -0.180. The third-order valence-corrected chi connectivity index (χ3v) is 2.65. The Morgan fingerprint density at radius 2 is 1.92 bits per heavy atom. The summed E-state index contributed by atoms with van der Waals surface area (Å²) in [5, 5.41) is 8.79. The first kappa shape index (κ1) is 9.90. The highest BCUT2D eigenvalue weighted by Gasteiger charge is 2.38. The molecule has 0 aromatic rings. The maximum atomic E-state index is 12.9. The van der Waals surface area contributed by atoms with E-state index in [1.807, 2.05) is 0 Å². The molecule has 0 aromatic carbocycles. The van der Waals surface area contributed by atoms with Crippen molar-refractivity contribution in [2.75, 3.05) is 0 Å². The van der Waals surface area contributed by atoms with E-state index in [2.05, 4.69) is 0 Å². The van der Waals surface area contributed by atoms with Gasteiger partial charge in [-0.15, -0.1) is 0 Å². The maximum Gasteiger partial charge on any atom is 0.273 e. The maximum absolute atomic E-state index is 12.9. The van der Waals surface area contributed by atoms with Crippen LogP contribution in [0.15, 0.2) is 0 Å². The van der Waals surface area contributed by atoms with Crippen molar-refractivity contribution in [1.29, 1.82) is 0 Å². The Labute approximate surface area is 71.8 Å². The summed E-state index contributed by atoms with van der Waals surface area (Å²) in [5.41, 5.74) is 0. The molecule has 0 spiro atoms. The van der Waals surface area contributed by atoms with Gasteiger partial charge in [-0.1, -0.05) is 25.7 Å². The predicted octanol–water partition coefficient (Wildman–Crippen LogP) is 2.58. The quantitative estimate of drug-likeness (QED) is 0.704. The summed E-state index contributed by atoms with van der Waals surface area (Å²) in [6.45, 7) is 1.16. The lowest BCUT2D eigenvalue weighted by Crippen LogP contribution is -2.32. The smallest absolute Gasteiger partial charge is 0.273 e. The zero-order valence-corrected chi connectivity index (χ0v) is 7.39. The second-order valence-corrected chi connectivity index (χ2v) is 3.79. The number of rotatable bonds is 3. The summed E-state index contributed by atoms with van der Waals surface area (Å²) >= 11 is 0. The minimum Gasteiger partial charge on any atom is -0.387 e. The van der Waals surface area contributed by atoms with E-state index in [4.69, 9.17) is 5.11 Å². The van der Waals surface area contributed by atoms with Gasteiger partial charge in [0.05, 0.1) is 0 Å². The van der Waals surface area contributed by atoms with Crippen molar-refractivity contribution < 1.29 is 13.9 Å². The molecular formula is C9H16F2O. The summed E-state index contributed by atoms with van der Waals surface area (Å²) in [7, 11) is 0. The molecule has 1 N–H and O–H groups in total. The van der Waals surface area contributed by atoms with E-state index >= 15 is 0 Å². The second kappa shape index (κ2) is 3.69. The molecule has 0 aliphatic heterocycles. The Kier molecular flexibility index (Phi) is 3.04. The molecule has 1 aliphatic carbocycles. The molecule has 1 nitrogen and oxygen atoms in total. The van der Waals surface area contributed by atoms with Crippen molar-refractivity contribution in [3.05, 3.63) is 0 Å². The minimum atomic E-state index is -2.88. The summed E-state index contributed by atoms with van der Waals surface area (Å²) in [4.78, 5) is 0. The molecule has 0 aromatic heterocycles. The minimum absolute atomic E-state index is 0.134. The van der Waals surface area contributed by atoms with Crippen LogP contribution in [0.1, 0.15) is 39.0 Å². The van der Waals surface area contributed by atoms with Gasteiger partial charge in [-0.3, -0.25) is 0 Å². The van der Waals surface area contributed by atoms with E-state index in [-0.39, 0.29) is 12.3 Å². The molecule has 12 heavy (non-hydrogen) atoms. The molecule has 0 bridgehead atoms. The molecule has 1 rings (SSSR count). The van der Waals surface area contributed by atoms with E-state index in [0.29, 0.717) is 0 Å². The van der Waals surface area contributed by atoms with Crippen LogP contribution < -0.4 is 0 Å². The van der Waals surface area contributed by atoms with E-state index in [0.717, 1.165) is 32.6 Å². The first-order chi connectivity index (χ1) is 5.52. The van der Waals surface area contributed by atoms with Crippen LogP contribution >= 0.6 is 0 Å². The van der Waals surface area contributed by atoms with Crippen LogP contribution in [0.5, 0.6) is 0 Å². The fourth-order valence-electron chi connectivity index (χ4n) is 1.77. The van der Waals surface area contributed by atoms with Crippen molar-refractivity contribution in [2.45, 2.75) is 51.1 Å². The average Bonchev–Trinajstić information content (AvgIpc) is 2.38. The Morgan fingerprint density at radius 3 is 2.33 bits per heavy atom. The van der Waals surface area contributed by atoms with Crippen LogP contribution in [0.4, 0.5) is 8.78 Å². The van der Waals surface area contributed by atoms with Crippen LogP contribution in [0, 0.1) is 5.92 Å². The SMILES string of the molecule is CC(O)C(F)(F)CC1CCCC1. The van der Waals surface area contributed by atoms with Gasteiger partial charge in [0.25, 0.3) is 5.92 Å². The van der Waals surface area contributed by atoms with Crippen molar-refractivity contribution in [1.82, 2.24) is 0 Å². The lowest BCUT2D eigenvalue weighted by Gasteiger charge is -2.22. The molecule has 1 fully saturated rings. The summed E-state index contributed by atoms with van der Waals surface area (Å²) in [6.07, 6.45) is 2.31. The van der Waals surface area contributed by atoms with Crippen LogP contribution in [0.3, 0.4) is 0 Å². The topological polar surface area (TPSA) is 20.2 Å². The number of hydrogen-bond acceptors (Lipinski definition) is 1. The molecule has 1 saturated carbocycles. The largest absolute Gasteiger partial charge is 0.387 e. The zero-order valence-electron chi connectivity index (χ0n) is 7.39. The number of aliphatic hydroxyl groups is 1. The van der Waals surface area contributed by atoms with E-state index in [9.17, 15) is 8.78 Å². The molecule has 1 aliphatic rings. The first-order valence-corrected chi connectivity index (χ1v) is 4.58. The van der Waals surface area contributed by atoms with Crippen molar-refractivity contribution >= 4 is 0 Å². The van der Waals surface area contributed by atoms with Crippen LogP contribution in [0.2, 0.25) is 0 Å². The fourth-order valence-corrected chi connectivity index (χ4v) is 1.77. The summed E-state index contributed by atoms with van der Waals surface area (Å²) < 4.78 is 25.9. The van der Waals surface area contributed by atoms with Gasteiger partial charge in [-0.05, 0) is 12.8 Å². The highest BCUT2D eigenvalue weighted by molar-refractivity contribution is 4.79. The Balaban J connectivity index is 2.37. The number of alkyl halides is 2. The van der Waals surface area contributed by atoms with Gasteiger partial charge in [0.2, 0.25) is 0 Å². The standard InChI is InChI=1S/C9H16F2O/c1-7(12)9(10,11)6-8-4-2-3-5-8/h7-8,12H,2-6H2,1H3. The van der Waals surface area contributed by atoms with Crippen molar-refractivity contribution in [3.8, 4) is 0 Å². The van der Waals surface area contributed by atoms with Crippen LogP contribution in [-0.2, 0) is 0 Å². The number of hydrogen-bond donors (Lipinski definition) is 1. The first-order valence-electron chi connectivity index (χ1n) is 4.58. The lowest BCUT2D eigenvalue weighted by molar-refractivity contribution is -0.113. The average molecular weight is 178 g/mol. The molecule has 3 heteroatoms. The molecule has 0 heterocycles. The van der Waals surface area contributed by atoms with Gasteiger partial charge in [0.1, 0.15) is 6.10 Å². The fraction of sp³-hybridized carbons (Fsp3) is 1.00. The normalized spacial score (nSPS) is 23.0. The highest BCUT2D eigenvalue weighted by atomic mass is 19.3. The Morgan fingerprint density at radius 1 is 1.42 bits per heavy atom. The molecule has 0 radical (unpaired) electrons. The summed E-state index contributed by atoms with van der Waals surface area (Å²) in [6, 6.07) is 0. The zero-order chi connectivity index (χ0) is 9.19. The molecule has 72 valence electrons. The van der Waals surface area contributed by atoms with Gasteiger partial charge < -0.3 is 5.11 Å². The lowest BCUT2D eigenvalue weighted by atomic mass is 9.97. The highest BCUT2D eigenvalue weighted by Crippen LogP contribution is 2.35. The third-order valence-electron chi connectivity index (χ3n) is 2.65. The molecule has 0 amide bonds. The monoisotopic (exact) mass is 178 g/mol. The molecule has 0 saturated heterocycles. The van der Waals surface area contributed by atoms with Gasteiger partial charge in [0, 0.05) is 6.42 Å².